The quantitative estimate of drug-likeness (QED) is 0.467. The summed E-state index contributed by atoms with van der Waals surface area (Å²) in [5.41, 5.74) is 4.05. The van der Waals surface area contributed by atoms with Crippen LogP contribution in [0, 0.1) is 6.92 Å². The van der Waals surface area contributed by atoms with Crippen LogP contribution < -0.4 is 15.7 Å². The number of ether oxygens (including phenoxy) is 1. The summed E-state index contributed by atoms with van der Waals surface area (Å²) < 4.78 is 17.0. The Morgan fingerprint density at radius 2 is 1.84 bits per heavy atom. The van der Waals surface area contributed by atoms with Crippen LogP contribution in [-0.2, 0) is 30.6 Å². The molecule has 0 saturated heterocycles. The molecule has 1 N–H and O–H groups in total. The SMILES string of the molecule is COc1ccccc1CNC(=O)Cc1c(C)c2cc3c4c(oc3cc2oc1=O)CCCC4. The predicted octanol–water partition coefficient (Wildman–Crippen LogP) is 4.59. The maximum absolute atomic E-state index is 12.7. The highest BCUT2D eigenvalue weighted by molar-refractivity contribution is 5.97. The molecule has 0 saturated carbocycles. The number of carbonyl (C=O) groups excluding carboxylic acids is 1. The van der Waals surface area contributed by atoms with Crippen LogP contribution in [0.4, 0.5) is 0 Å². The standard InChI is InChI=1S/C26H25NO5/c1-15-18-11-20-17-8-4-6-10-22(17)31-24(20)13-23(18)32-26(29)19(15)12-25(28)27-14-16-7-3-5-9-21(16)30-2/h3,5,7,9,11,13H,4,6,8,10,12,14H2,1-2H3,(H,27,28). The van der Waals surface area contributed by atoms with Crippen molar-refractivity contribution in [2.75, 3.05) is 7.11 Å². The van der Waals surface area contributed by atoms with E-state index in [2.05, 4.69) is 5.32 Å². The average molecular weight is 431 g/mol. The first-order valence-electron chi connectivity index (χ1n) is 10.9. The van der Waals surface area contributed by atoms with E-state index in [1.165, 1.54) is 5.56 Å². The minimum absolute atomic E-state index is 0.0409. The Labute approximate surface area is 185 Å². The highest BCUT2D eigenvalue weighted by atomic mass is 16.5. The fraction of sp³-hybridized carbons (Fsp3) is 0.308. The third-order valence-electron chi connectivity index (χ3n) is 6.37. The molecule has 5 rings (SSSR count). The number of carbonyl (C=O) groups is 1. The van der Waals surface area contributed by atoms with Gasteiger partial charge in [-0.25, -0.2) is 4.79 Å². The van der Waals surface area contributed by atoms with Crippen molar-refractivity contribution in [2.45, 2.75) is 45.6 Å². The smallest absolute Gasteiger partial charge is 0.340 e. The number of amides is 1. The van der Waals surface area contributed by atoms with Crippen molar-refractivity contribution in [3.05, 3.63) is 74.8 Å². The normalized spacial score (nSPS) is 13.3. The van der Waals surface area contributed by atoms with Crippen LogP contribution in [0.1, 0.15) is 40.9 Å². The van der Waals surface area contributed by atoms with Crippen molar-refractivity contribution in [1.29, 1.82) is 0 Å². The van der Waals surface area contributed by atoms with Gasteiger partial charge in [-0.3, -0.25) is 4.79 Å². The third-order valence-corrected chi connectivity index (χ3v) is 6.37. The van der Waals surface area contributed by atoms with Gasteiger partial charge in [0.05, 0.1) is 19.1 Å². The van der Waals surface area contributed by atoms with Gasteiger partial charge in [0.25, 0.3) is 0 Å². The van der Waals surface area contributed by atoms with E-state index >= 15 is 0 Å². The Bertz CT molecular complexity index is 1400. The van der Waals surface area contributed by atoms with Crippen LogP contribution in [0.25, 0.3) is 21.9 Å². The molecular formula is C26H25NO5. The summed E-state index contributed by atoms with van der Waals surface area (Å²) >= 11 is 0. The number of aryl methyl sites for hydroxylation is 3. The molecule has 1 aliphatic rings. The molecule has 2 aromatic carbocycles. The molecule has 32 heavy (non-hydrogen) atoms. The number of nitrogens with one attached hydrogen (secondary N) is 1. The van der Waals surface area contributed by atoms with E-state index < -0.39 is 5.63 Å². The van der Waals surface area contributed by atoms with Crippen molar-refractivity contribution < 1.29 is 18.4 Å². The van der Waals surface area contributed by atoms with Gasteiger partial charge in [-0.15, -0.1) is 0 Å². The molecule has 0 atom stereocenters. The van der Waals surface area contributed by atoms with Crippen molar-refractivity contribution in [1.82, 2.24) is 5.32 Å². The fourth-order valence-electron chi connectivity index (χ4n) is 4.61. The van der Waals surface area contributed by atoms with Gasteiger partial charge < -0.3 is 18.9 Å². The van der Waals surface area contributed by atoms with Crippen molar-refractivity contribution in [2.24, 2.45) is 0 Å². The number of para-hydroxylation sites is 1. The highest BCUT2D eigenvalue weighted by Gasteiger charge is 2.21. The molecule has 0 fully saturated rings. The second kappa shape index (κ2) is 8.19. The molecule has 164 valence electrons. The summed E-state index contributed by atoms with van der Waals surface area (Å²) in [6.45, 7) is 2.20. The maximum atomic E-state index is 12.7. The minimum Gasteiger partial charge on any atom is -0.496 e. The van der Waals surface area contributed by atoms with E-state index in [0.29, 0.717) is 23.4 Å². The topological polar surface area (TPSA) is 81.7 Å². The van der Waals surface area contributed by atoms with Gasteiger partial charge in [-0.1, -0.05) is 18.2 Å². The van der Waals surface area contributed by atoms with Crippen LogP contribution in [0.2, 0.25) is 0 Å². The Balaban J connectivity index is 1.45. The van der Waals surface area contributed by atoms with E-state index in [1.807, 2.05) is 43.3 Å². The van der Waals surface area contributed by atoms with E-state index in [4.69, 9.17) is 13.6 Å². The Morgan fingerprint density at radius 3 is 2.69 bits per heavy atom. The van der Waals surface area contributed by atoms with Crippen molar-refractivity contribution in [3.8, 4) is 5.75 Å². The number of benzene rings is 2. The maximum Gasteiger partial charge on any atom is 0.340 e. The molecule has 4 aromatic rings. The summed E-state index contributed by atoms with van der Waals surface area (Å²) in [7, 11) is 1.60. The number of hydrogen-bond donors (Lipinski definition) is 1. The second-order valence-corrected chi connectivity index (χ2v) is 8.31. The van der Waals surface area contributed by atoms with E-state index in [-0.39, 0.29) is 12.3 Å². The molecule has 6 heteroatoms. The first-order valence-corrected chi connectivity index (χ1v) is 10.9. The van der Waals surface area contributed by atoms with Gasteiger partial charge in [-0.05, 0) is 43.9 Å². The van der Waals surface area contributed by atoms with Crippen LogP contribution in [0.3, 0.4) is 0 Å². The minimum atomic E-state index is -0.488. The molecule has 0 radical (unpaired) electrons. The molecule has 0 bridgehead atoms. The zero-order valence-electron chi connectivity index (χ0n) is 18.2. The summed E-state index contributed by atoms with van der Waals surface area (Å²) in [6, 6.07) is 11.4. The van der Waals surface area contributed by atoms with Crippen molar-refractivity contribution in [3.63, 3.8) is 0 Å². The van der Waals surface area contributed by atoms with Gasteiger partial charge in [0, 0.05) is 40.9 Å². The van der Waals surface area contributed by atoms with Crippen LogP contribution in [0.5, 0.6) is 5.75 Å². The largest absolute Gasteiger partial charge is 0.496 e. The van der Waals surface area contributed by atoms with Gasteiger partial charge in [0.1, 0.15) is 22.7 Å². The third kappa shape index (κ3) is 3.55. The Kier molecular flexibility index (Phi) is 5.21. The lowest BCUT2D eigenvalue weighted by Gasteiger charge is -2.11. The fourth-order valence-corrected chi connectivity index (χ4v) is 4.61. The Morgan fingerprint density at radius 1 is 1.06 bits per heavy atom. The molecule has 0 aliphatic heterocycles. The summed E-state index contributed by atoms with van der Waals surface area (Å²) in [4.78, 5) is 25.3. The number of rotatable bonds is 5. The van der Waals surface area contributed by atoms with Gasteiger partial charge >= 0.3 is 5.63 Å². The lowest BCUT2D eigenvalue weighted by atomic mass is 9.94. The van der Waals surface area contributed by atoms with Gasteiger partial charge in [-0.2, -0.15) is 0 Å². The molecule has 2 aromatic heterocycles. The Hall–Kier alpha value is -3.54. The number of fused-ring (bicyclic) bond motifs is 4. The highest BCUT2D eigenvalue weighted by Crippen LogP contribution is 2.35. The van der Waals surface area contributed by atoms with Crippen molar-refractivity contribution >= 4 is 27.8 Å². The molecule has 0 spiro atoms. The zero-order valence-corrected chi connectivity index (χ0v) is 18.2. The monoisotopic (exact) mass is 431 g/mol. The van der Waals surface area contributed by atoms with E-state index in [9.17, 15) is 9.59 Å². The molecule has 2 heterocycles. The van der Waals surface area contributed by atoms with Gasteiger partial charge in [0.15, 0.2) is 0 Å². The van der Waals surface area contributed by atoms with Crippen LogP contribution >= 0.6 is 0 Å². The van der Waals surface area contributed by atoms with E-state index in [1.54, 1.807) is 7.11 Å². The van der Waals surface area contributed by atoms with Gasteiger partial charge in [0.2, 0.25) is 5.91 Å². The summed E-state index contributed by atoms with van der Waals surface area (Å²) in [6.07, 6.45) is 4.19. The molecule has 1 amide bonds. The first-order chi connectivity index (χ1) is 15.5. The van der Waals surface area contributed by atoms with Crippen LogP contribution in [-0.4, -0.2) is 13.0 Å². The zero-order chi connectivity index (χ0) is 22.2. The van der Waals surface area contributed by atoms with E-state index in [0.717, 1.165) is 58.9 Å². The molecule has 6 nitrogen and oxygen atoms in total. The predicted molar refractivity (Wildman–Crippen MR) is 122 cm³/mol. The molecular weight excluding hydrogens is 406 g/mol. The first kappa shape index (κ1) is 20.4. The summed E-state index contributed by atoms with van der Waals surface area (Å²) in [5.74, 6) is 1.51. The number of hydrogen-bond acceptors (Lipinski definition) is 5. The summed E-state index contributed by atoms with van der Waals surface area (Å²) in [5, 5.41) is 4.80. The molecule has 1 aliphatic carbocycles. The number of methoxy groups -OCH3 is 1. The lowest BCUT2D eigenvalue weighted by Crippen LogP contribution is -2.27. The lowest BCUT2D eigenvalue weighted by molar-refractivity contribution is -0.120. The second-order valence-electron chi connectivity index (χ2n) is 8.31. The molecule has 0 unspecified atom stereocenters. The van der Waals surface area contributed by atoms with Crippen LogP contribution in [0.15, 0.2) is 50.0 Å². The number of furan rings is 1. The average Bonchev–Trinajstić information content (AvgIpc) is 3.17.